The Balaban J connectivity index is 1.48. The van der Waals surface area contributed by atoms with Crippen molar-refractivity contribution in [3.8, 4) is 0 Å². The van der Waals surface area contributed by atoms with Gasteiger partial charge in [0.15, 0.2) is 0 Å². The van der Waals surface area contributed by atoms with Crippen molar-refractivity contribution >= 4 is 0 Å². The number of hydrogen-bond acceptors (Lipinski definition) is 2. The monoisotopic (exact) mass is 357 g/mol. The highest BCUT2D eigenvalue weighted by atomic mass is 16.2. The van der Waals surface area contributed by atoms with Crippen LogP contribution in [-0.4, -0.2) is 17.3 Å². The molecule has 0 saturated heterocycles. The van der Waals surface area contributed by atoms with E-state index in [0.717, 1.165) is 18.8 Å². The number of aliphatic hydroxyl groups excluding tert-OH is 1. The van der Waals surface area contributed by atoms with E-state index in [1.807, 2.05) is 0 Å². The van der Waals surface area contributed by atoms with E-state index in [2.05, 4.69) is 25.1 Å². The normalized spacial score (nSPS) is 28.3. The summed E-state index contributed by atoms with van der Waals surface area (Å²) < 4.78 is 0. The van der Waals surface area contributed by atoms with Gasteiger partial charge in [-0.1, -0.05) is 57.2 Å². The lowest BCUT2D eigenvalue weighted by molar-refractivity contribution is 0.281. The molecule has 1 saturated carbocycles. The molecule has 0 bridgehead atoms. The Hall–Kier alpha value is -0.860. The third kappa shape index (κ3) is 5.10. The number of aryl methyl sites for hydroxylation is 1. The van der Waals surface area contributed by atoms with Crippen LogP contribution in [-0.2, 0) is 12.8 Å². The molecule has 0 spiro atoms. The molecule has 146 valence electrons. The highest BCUT2D eigenvalue weighted by molar-refractivity contribution is 5.36. The summed E-state index contributed by atoms with van der Waals surface area (Å²) in [6.07, 6.45) is 16.2. The minimum atomic E-state index is 0.0862. The first-order valence-corrected chi connectivity index (χ1v) is 11.1. The first-order valence-electron chi connectivity index (χ1n) is 11.1. The van der Waals surface area contributed by atoms with Crippen LogP contribution in [0.1, 0.15) is 100 Å². The summed E-state index contributed by atoms with van der Waals surface area (Å²) in [5, 5.41) is 8.84. The number of fused-ring (bicyclic) bond motifs is 1. The molecule has 26 heavy (non-hydrogen) atoms. The zero-order valence-corrected chi connectivity index (χ0v) is 16.8. The minimum Gasteiger partial charge on any atom is -0.396 e. The molecule has 3 N–H and O–H groups in total. The van der Waals surface area contributed by atoms with Gasteiger partial charge >= 0.3 is 0 Å². The summed E-state index contributed by atoms with van der Waals surface area (Å²) in [4.78, 5) is 0. The maximum Gasteiger partial charge on any atom is 0.0431 e. The topological polar surface area (TPSA) is 46.2 Å². The SMILES string of the molecule is CC[C@@]1(N)CC[C@H](c2ccc3c(c2)CC[C@@H](CCCCCCCO)C3)C1. The Labute approximate surface area is 160 Å². The standard InChI is InChI=1S/C24H39NO/c1-2-24(25)14-13-23(18-24)22-12-11-20-16-19(9-10-21(20)17-22)8-6-4-3-5-7-15-26/h11-12,17,19,23,26H,2-10,13-16,18,25H2,1H3/t19-,23+,24-/m1/s1. The molecule has 1 aromatic carbocycles. The summed E-state index contributed by atoms with van der Waals surface area (Å²) in [5.74, 6) is 1.57. The highest BCUT2D eigenvalue weighted by Gasteiger charge is 2.35. The maximum absolute atomic E-state index is 8.84. The van der Waals surface area contributed by atoms with E-state index in [4.69, 9.17) is 10.8 Å². The quantitative estimate of drug-likeness (QED) is 0.573. The summed E-state index contributed by atoms with van der Waals surface area (Å²) in [5.41, 5.74) is 11.4. The number of hydrogen-bond donors (Lipinski definition) is 2. The summed E-state index contributed by atoms with van der Waals surface area (Å²) in [6.45, 7) is 2.59. The second kappa shape index (κ2) is 9.37. The van der Waals surface area contributed by atoms with E-state index < -0.39 is 0 Å². The van der Waals surface area contributed by atoms with Gasteiger partial charge in [-0.05, 0) is 79.9 Å². The van der Waals surface area contributed by atoms with Crippen molar-refractivity contribution in [1.82, 2.24) is 0 Å². The fourth-order valence-electron chi connectivity index (χ4n) is 5.19. The fourth-order valence-corrected chi connectivity index (χ4v) is 5.19. The van der Waals surface area contributed by atoms with Gasteiger partial charge in [0.2, 0.25) is 0 Å². The van der Waals surface area contributed by atoms with Crippen LogP contribution in [0.3, 0.4) is 0 Å². The zero-order valence-electron chi connectivity index (χ0n) is 16.8. The second-order valence-electron chi connectivity index (χ2n) is 9.07. The predicted molar refractivity (Wildman–Crippen MR) is 111 cm³/mol. The summed E-state index contributed by atoms with van der Waals surface area (Å²) in [7, 11) is 0. The molecule has 2 aliphatic rings. The third-order valence-electron chi connectivity index (χ3n) is 7.15. The molecule has 0 amide bonds. The van der Waals surface area contributed by atoms with Crippen LogP contribution in [0.25, 0.3) is 0 Å². The maximum atomic E-state index is 8.84. The van der Waals surface area contributed by atoms with Crippen molar-refractivity contribution in [2.45, 2.75) is 102 Å². The molecular formula is C24H39NO. The molecule has 0 unspecified atom stereocenters. The van der Waals surface area contributed by atoms with Crippen LogP contribution in [0.4, 0.5) is 0 Å². The van der Waals surface area contributed by atoms with E-state index in [1.165, 1.54) is 70.6 Å². The molecule has 1 fully saturated rings. The molecule has 3 rings (SSSR count). The van der Waals surface area contributed by atoms with E-state index in [9.17, 15) is 0 Å². The first-order chi connectivity index (χ1) is 12.6. The average molecular weight is 358 g/mol. The lowest BCUT2D eigenvalue weighted by atomic mass is 9.79. The predicted octanol–water partition coefficient (Wildman–Crippen LogP) is 5.50. The van der Waals surface area contributed by atoms with Crippen molar-refractivity contribution in [1.29, 1.82) is 0 Å². The number of nitrogens with two attached hydrogens (primary N) is 1. The van der Waals surface area contributed by atoms with Gasteiger partial charge in [0.1, 0.15) is 0 Å². The van der Waals surface area contributed by atoms with Crippen molar-refractivity contribution in [2.24, 2.45) is 11.7 Å². The van der Waals surface area contributed by atoms with E-state index in [1.54, 1.807) is 16.7 Å². The molecule has 0 heterocycles. The molecule has 3 atom stereocenters. The molecular weight excluding hydrogens is 318 g/mol. The van der Waals surface area contributed by atoms with E-state index in [0.29, 0.717) is 12.5 Å². The molecule has 2 heteroatoms. The highest BCUT2D eigenvalue weighted by Crippen LogP contribution is 2.42. The number of rotatable bonds is 9. The van der Waals surface area contributed by atoms with Crippen LogP contribution >= 0.6 is 0 Å². The Morgan fingerprint density at radius 1 is 1.08 bits per heavy atom. The molecule has 0 aliphatic heterocycles. The summed E-state index contributed by atoms with van der Waals surface area (Å²) >= 11 is 0. The zero-order chi connectivity index (χ0) is 18.4. The van der Waals surface area contributed by atoms with Gasteiger partial charge in [-0.15, -0.1) is 0 Å². The molecule has 2 nitrogen and oxygen atoms in total. The Morgan fingerprint density at radius 2 is 1.88 bits per heavy atom. The molecule has 1 aromatic rings. The van der Waals surface area contributed by atoms with Crippen molar-refractivity contribution < 1.29 is 5.11 Å². The lowest BCUT2D eigenvalue weighted by Gasteiger charge is -2.26. The Morgan fingerprint density at radius 3 is 2.65 bits per heavy atom. The number of aliphatic hydroxyl groups is 1. The van der Waals surface area contributed by atoms with Crippen LogP contribution in [0.5, 0.6) is 0 Å². The van der Waals surface area contributed by atoms with Crippen LogP contribution in [0.2, 0.25) is 0 Å². The van der Waals surface area contributed by atoms with Gasteiger partial charge in [0.25, 0.3) is 0 Å². The largest absolute Gasteiger partial charge is 0.396 e. The smallest absolute Gasteiger partial charge is 0.0431 e. The molecule has 2 aliphatic carbocycles. The molecule has 0 aromatic heterocycles. The van der Waals surface area contributed by atoms with Crippen LogP contribution < -0.4 is 5.73 Å². The van der Waals surface area contributed by atoms with Gasteiger partial charge in [0.05, 0.1) is 0 Å². The lowest BCUT2D eigenvalue weighted by Crippen LogP contribution is -2.35. The second-order valence-corrected chi connectivity index (χ2v) is 9.07. The molecule has 0 radical (unpaired) electrons. The third-order valence-corrected chi connectivity index (χ3v) is 7.15. The van der Waals surface area contributed by atoms with Gasteiger partial charge in [0, 0.05) is 12.1 Å². The van der Waals surface area contributed by atoms with Crippen molar-refractivity contribution in [2.75, 3.05) is 6.61 Å². The van der Waals surface area contributed by atoms with E-state index in [-0.39, 0.29) is 5.54 Å². The average Bonchev–Trinajstić information content (AvgIpc) is 3.07. The van der Waals surface area contributed by atoms with Crippen LogP contribution in [0.15, 0.2) is 18.2 Å². The van der Waals surface area contributed by atoms with Crippen molar-refractivity contribution in [3.05, 3.63) is 34.9 Å². The first kappa shape index (κ1) is 19.9. The Kier molecular flexibility index (Phi) is 7.17. The number of unbranched alkanes of at least 4 members (excludes halogenated alkanes) is 4. The Bertz CT molecular complexity index is 569. The minimum absolute atomic E-state index is 0.0862. The van der Waals surface area contributed by atoms with Crippen molar-refractivity contribution in [3.63, 3.8) is 0 Å². The van der Waals surface area contributed by atoms with Gasteiger partial charge < -0.3 is 10.8 Å². The van der Waals surface area contributed by atoms with E-state index >= 15 is 0 Å². The summed E-state index contributed by atoms with van der Waals surface area (Å²) in [6, 6.07) is 7.36. The number of benzene rings is 1. The van der Waals surface area contributed by atoms with Gasteiger partial charge in [-0.3, -0.25) is 0 Å². The van der Waals surface area contributed by atoms with Gasteiger partial charge in [-0.25, -0.2) is 0 Å². The van der Waals surface area contributed by atoms with Gasteiger partial charge in [-0.2, -0.15) is 0 Å². The van der Waals surface area contributed by atoms with Crippen LogP contribution in [0, 0.1) is 5.92 Å². The fraction of sp³-hybridized carbons (Fsp3) is 0.750.